The maximum Gasteiger partial charge on any atom is 0.119 e. The Morgan fingerprint density at radius 2 is 1.70 bits per heavy atom. The first-order valence-electron chi connectivity index (χ1n) is 7.41. The van der Waals surface area contributed by atoms with Crippen molar-refractivity contribution in [3.8, 4) is 11.5 Å². The van der Waals surface area contributed by atoms with E-state index in [1.54, 1.807) is 7.11 Å². The summed E-state index contributed by atoms with van der Waals surface area (Å²) in [5.41, 5.74) is 5.94. The lowest BCUT2D eigenvalue weighted by Crippen LogP contribution is -2.40. The molecule has 20 heavy (non-hydrogen) atoms. The van der Waals surface area contributed by atoms with Crippen LogP contribution in [0.2, 0.25) is 0 Å². The smallest absolute Gasteiger partial charge is 0.119 e. The van der Waals surface area contributed by atoms with E-state index in [1.165, 1.54) is 12.8 Å². The van der Waals surface area contributed by atoms with Crippen LogP contribution in [0.15, 0.2) is 24.3 Å². The van der Waals surface area contributed by atoms with E-state index < -0.39 is 0 Å². The lowest BCUT2D eigenvalue weighted by atomic mass is 9.91. The molecule has 0 amide bonds. The second kappa shape index (κ2) is 7.50. The van der Waals surface area contributed by atoms with Gasteiger partial charge in [0, 0.05) is 18.6 Å². The normalized spacial score (nSPS) is 22.8. The van der Waals surface area contributed by atoms with Crippen molar-refractivity contribution >= 4 is 0 Å². The summed E-state index contributed by atoms with van der Waals surface area (Å²) in [5.74, 6) is 1.75. The Balaban J connectivity index is 1.69. The number of hydrogen-bond acceptors (Lipinski definition) is 4. The van der Waals surface area contributed by atoms with Gasteiger partial charge in [-0.1, -0.05) is 0 Å². The molecule has 1 fully saturated rings. The van der Waals surface area contributed by atoms with Gasteiger partial charge >= 0.3 is 0 Å². The number of hydrogen-bond donors (Lipinski definition) is 1. The van der Waals surface area contributed by atoms with Crippen molar-refractivity contribution in [1.82, 2.24) is 4.90 Å². The first-order chi connectivity index (χ1) is 9.69. The number of likely N-dealkylation sites (N-methyl/N-ethyl adjacent to an activating group) is 1. The largest absolute Gasteiger partial charge is 0.497 e. The summed E-state index contributed by atoms with van der Waals surface area (Å²) in [6, 6.07) is 8.80. The van der Waals surface area contributed by atoms with Crippen LogP contribution in [0.5, 0.6) is 11.5 Å². The summed E-state index contributed by atoms with van der Waals surface area (Å²) in [6.45, 7) is 1.66. The molecular weight excluding hydrogens is 252 g/mol. The van der Waals surface area contributed by atoms with Gasteiger partial charge in [-0.25, -0.2) is 0 Å². The Morgan fingerprint density at radius 3 is 2.30 bits per heavy atom. The third-order valence-corrected chi connectivity index (χ3v) is 4.14. The van der Waals surface area contributed by atoms with Gasteiger partial charge in [0.1, 0.15) is 18.1 Å². The number of methoxy groups -OCH3 is 1. The molecule has 0 unspecified atom stereocenters. The molecular formula is C16H26N2O2. The zero-order chi connectivity index (χ0) is 14.4. The summed E-state index contributed by atoms with van der Waals surface area (Å²) in [4.78, 5) is 2.40. The van der Waals surface area contributed by atoms with E-state index >= 15 is 0 Å². The fourth-order valence-corrected chi connectivity index (χ4v) is 2.70. The maximum absolute atomic E-state index is 5.94. The van der Waals surface area contributed by atoms with Crippen molar-refractivity contribution in [1.29, 1.82) is 0 Å². The van der Waals surface area contributed by atoms with Gasteiger partial charge < -0.3 is 20.1 Å². The monoisotopic (exact) mass is 278 g/mol. The summed E-state index contributed by atoms with van der Waals surface area (Å²) < 4.78 is 10.9. The number of nitrogens with zero attached hydrogens (tertiary/aromatic N) is 1. The Bertz CT molecular complexity index is 386. The van der Waals surface area contributed by atoms with Crippen LogP contribution in [-0.2, 0) is 0 Å². The summed E-state index contributed by atoms with van der Waals surface area (Å²) in [5, 5.41) is 0. The summed E-state index contributed by atoms with van der Waals surface area (Å²) in [7, 11) is 3.85. The Morgan fingerprint density at radius 1 is 1.10 bits per heavy atom. The van der Waals surface area contributed by atoms with Gasteiger partial charge in [0.25, 0.3) is 0 Å². The first-order valence-corrected chi connectivity index (χ1v) is 7.41. The second-order valence-electron chi connectivity index (χ2n) is 5.57. The number of nitrogens with two attached hydrogens (primary N) is 1. The molecule has 112 valence electrons. The molecule has 0 saturated heterocycles. The minimum atomic E-state index is 0.412. The van der Waals surface area contributed by atoms with Crippen LogP contribution in [-0.4, -0.2) is 44.3 Å². The Labute approximate surface area is 121 Å². The van der Waals surface area contributed by atoms with Crippen molar-refractivity contribution in [2.24, 2.45) is 5.73 Å². The quantitative estimate of drug-likeness (QED) is 0.867. The highest BCUT2D eigenvalue weighted by atomic mass is 16.5. The van der Waals surface area contributed by atoms with Gasteiger partial charge in [0.2, 0.25) is 0 Å². The molecule has 0 spiro atoms. The molecule has 1 aliphatic carbocycles. The molecule has 0 atom stereocenters. The molecule has 2 N–H and O–H groups in total. The van der Waals surface area contributed by atoms with Crippen LogP contribution < -0.4 is 15.2 Å². The first kappa shape index (κ1) is 15.1. The third kappa shape index (κ3) is 4.39. The SMILES string of the molecule is COc1ccc(OCCN(C)C2CCC(N)CC2)cc1. The molecule has 1 aromatic carbocycles. The lowest BCUT2D eigenvalue weighted by Gasteiger charge is -2.33. The molecule has 0 bridgehead atoms. The van der Waals surface area contributed by atoms with Crippen LogP contribution in [0.4, 0.5) is 0 Å². The van der Waals surface area contributed by atoms with Gasteiger partial charge in [-0.3, -0.25) is 0 Å². The molecule has 1 aromatic rings. The minimum absolute atomic E-state index is 0.412. The average molecular weight is 278 g/mol. The number of rotatable bonds is 6. The van der Waals surface area contributed by atoms with Gasteiger partial charge in [-0.05, 0) is 57.0 Å². The lowest BCUT2D eigenvalue weighted by molar-refractivity contribution is 0.154. The number of benzene rings is 1. The highest BCUT2D eigenvalue weighted by Crippen LogP contribution is 2.21. The zero-order valence-corrected chi connectivity index (χ0v) is 12.5. The molecule has 2 rings (SSSR count). The van der Waals surface area contributed by atoms with Crippen molar-refractivity contribution in [3.63, 3.8) is 0 Å². The fraction of sp³-hybridized carbons (Fsp3) is 0.625. The Hall–Kier alpha value is -1.26. The predicted molar refractivity (Wildman–Crippen MR) is 81.4 cm³/mol. The van der Waals surface area contributed by atoms with Gasteiger partial charge in [-0.2, -0.15) is 0 Å². The maximum atomic E-state index is 5.94. The average Bonchev–Trinajstić information content (AvgIpc) is 2.48. The van der Waals surface area contributed by atoms with E-state index in [2.05, 4.69) is 11.9 Å². The fourth-order valence-electron chi connectivity index (χ4n) is 2.70. The molecule has 0 aromatic heterocycles. The molecule has 4 nitrogen and oxygen atoms in total. The highest BCUT2D eigenvalue weighted by Gasteiger charge is 2.21. The molecule has 1 saturated carbocycles. The molecule has 0 heterocycles. The second-order valence-corrected chi connectivity index (χ2v) is 5.57. The van der Waals surface area contributed by atoms with Crippen molar-refractivity contribution in [2.75, 3.05) is 27.3 Å². The number of ether oxygens (including phenoxy) is 2. The molecule has 0 aliphatic heterocycles. The van der Waals surface area contributed by atoms with Crippen molar-refractivity contribution < 1.29 is 9.47 Å². The molecule has 0 radical (unpaired) electrons. The van der Waals surface area contributed by atoms with E-state index in [0.717, 1.165) is 30.9 Å². The van der Waals surface area contributed by atoms with E-state index in [4.69, 9.17) is 15.2 Å². The standard InChI is InChI=1S/C16H26N2O2/c1-18(14-5-3-13(17)4-6-14)11-12-20-16-9-7-15(19-2)8-10-16/h7-10,13-14H,3-6,11-12,17H2,1-2H3. The molecule has 1 aliphatic rings. The van der Waals surface area contributed by atoms with Crippen LogP contribution in [0.25, 0.3) is 0 Å². The predicted octanol–water partition coefficient (Wildman–Crippen LogP) is 2.28. The van der Waals surface area contributed by atoms with E-state index in [-0.39, 0.29) is 0 Å². The van der Waals surface area contributed by atoms with Crippen LogP contribution >= 0.6 is 0 Å². The van der Waals surface area contributed by atoms with Gasteiger partial charge in [0.05, 0.1) is 7.11 Å². The van der Waals surface area contributed by atoms with E-state index in [9.17, 15) is 0 Å². The summed E-state index contributed by atoms with van der Waals surface area (Å²) in [6.07, 6.45) is 4.71. The van der Waals surface area contributed by atoms with Crippen LogP contribution in [0.1, 0.15) is 25.7 Å². The highest BCUT2D eigenvalue weighted by molar-refractivity contribution is 5.31. The van der Waals surface area contributed by atoms with E-state index in [1.807, 2.05) is 24.3 Å². The summed E-state index contributed by atoms with van der Waals surface area (Å²) >= 11 is 0. The van der Waals surface area contributed by atoms with Crippen LogP contribution in [0.3, 0.4) is 0 Å². The Kier molecular flexibility index (Phi) is 5.68. The van der Waals surface area contributed by atoms with Crippen molar-refractivity contribution in [3.05, 3.63) is 24.3 Å². The van der Waals surface area contributed by atoms with Crippen LogP contribution in [0, 0.1) is 0 Å². The van der Waals surface area contributed by atoms with Gasteiger partial charge in [0.15, 0.2) is 0 Å². The zero-order valence-electron chi connectivity index (χ0n) is 12.5. The van der Waals surface area contributed by atoms with Crippen molar-refractivity contribution in [2.45, 2.75) is 37.8 Å². The third-order valence-electron chi connectivity index (χ3n) is 4.14. The van der Waals surface area contributed by atoms with Gasteiger partial charge in [-0.15, -0.1) is 0 Å². The van der Waals surface area contributed by atoms with E-state index in [0.29, 0.717) is 18.7 Å². The molecule has 4 heteroatoms. The minimum Gasteiger partial charge on any atom is -0.497 e. The topological polar surface area (TPSA) is 47.7 Å².